The molecule has 21 heavy (non-hydrogen) atoms. The number of nitrogen functional groups attached to an aromatic ring is 1. The number of pyridine rings is 1. The number of aromatic nitrogens is 1. The first-order valence-electron chi connectivity index (χ1n) is 7.14. The Morgan fingerprint density at radius 3 is 2.48 bits per heavy atom. The summed E-state index contributed by atoms with van der Waals surface area (Å²) in [5.41, 5.74) is 8.02. The maximum absolute atomic E-state index is 6.01. The lowest BCUT2D eigenvalue weighted by molar-refractivity contribution is 0.249. The first kappa shape index (κ1) is 14.2. The third-order valence-corrected chi connectivity index (χ3v) is 3.99. The number of benzene rings is 1. The van der Waals surface area contributed by atoms with Crippen molar-refractivity contribution in [1.82, 2.24) is 9.88 Å². The van der Waals surface area contributed by atoms with Gasteiger partial charge in [0.2, 0.25) is 0 Å². The summed E-state index contributed by atoms with van der Waals surface area (Å²) in [5, 5.41) is 0.582. The van der Waals surface area contributed by atoms with Crippen LogP contribution >= 0.6 is 11.6 Å². The van der Waals surface area contributed by atoms with Crippen molar-refractivity contribution in [2.45, 2.75) is 6.54 Å². The van der Waals surface area contributed by atoms with Crippen molar-refractivity contribution in [2.75, 3.05) is 36.8 Å². The van der Waals surface area contributed by atoms with Gasteiger partial charge in [0.15, 0.2) is 5.82 Å². The first-order chi connectivity index (χ1) is 10.2. The van der Waals surface area contributed by atoms with Gasteiger partial charge >= 0.3 is 0 Å². The van der Waals surface area contributed by atoms with Crippen molar-refractivity contribution < 1.29 is 0 Å². The van der Waals surface area contributed by atoms with E-state index in [2.05, 4.69) is 45.1 Å². The number of piperazine rings is 1. The smallest absolute Gasteiger partial charge is 0.151 e. The maximum Gasteiger partial charge on any atom is 0.151 e. The molecule has 0 spiro atoms. The summed E-state index contributed by atoms with van der Waals surface area (Å²) in [4.78, 5) is 9.05. The highest BCUT2D eigenvalue weighted by molar-refractivity contribution is 6.30. The maximum atomic E-state index is 6.01. The van der Waals surface area contributed by atoms with Crippen molar-refractivity contribution in [1.29, 1.82) is 0 Å². The quantitative estimate of drug-likeness (QED) is 0.947. The van der Waals surface area contributed by atoms with Gasteiger partial charge < -0.3 is 10.6 Å². The van der Waals surface area contributed by atoms with Gasteiger partial charge in [-0.1, -0.05) is 41.9 Å². The second-order valence-corrected chi connectivity index (χ2v) is 5.75. The van der Waals surface area contributed by atoms with Crippen molar-refractivity contribution >= 4 is 23.1 Å². The largest absolute Gasteiger partial charge is 0.396 e. The normalized spacial score (nSPS) is 16.1. The van der Waals surface area contributed by atoms with E-state index in [1.807, 2.05) is 0 Å². The molecule has 0 bridgehead atoms. The Labute approximate surface area is 130 Å². The number of nitrogens with zero attached hydrogens (tertiary/aromatic N) is 3. The molecule has 1 saturated heterocycles. The summed E-state index contributed by atoms with van der Waals surface area (Å²) in [7, 11) is 0. The van der Waals surface area contributed by atoms with E-state index in [1.54, 1.807) is 12.3 Å². The van der Waals surface area contributed by atoms with E-state index in [-0.39, 0.29) is 0 Å². The van der Waals surface area contributed by atoms with Crippen molar-refractivity contribution in [3.8, 4) is 0 Å². The summed E-state index contributed by atoms with van der Waals surface area (Å²) in [6, 6.07) is 12.3. The molecule has 0 amide bonds. The SMILES string of the molecule is Nc1cc(Cl)cnc1N1CCN(Cc2ccccc2)CC1. The molecule has 1 aromatic carbocycles. The minimum Gasteiger partial charge on any atom is -0.396 e. The van der Waals surface area contributed by atoms with Crippen LogP contribution in [0.2, 0.25) is 5.02 Å². The van der Waals surface area contributed by atoms with E-state index in [4.69, 9.17) is 17.3 Å². The summed E-state index contributed by atoms with van der Waals surface area (Å²) in [6.07, 6.45) is 1.66. The standard InChI is InChI=1S/C16H19ClN4/c17-14-10-15(18)16(19-11-14)21-8-6-20(7-9-21)12-13-4-2-1-3-5-13/h1-5,10-11H,6-9,12,18H2. The lowest BCUT2D eigenvalue weighted by atomic mass is 10.2. The van der Waals surface area contributed by atoms with Crippen LogP contribution in [0.4, 0.5) is 11.5 Å². The number of nitrogens with two attached hydrogens (primary N) is 1. The van der Waals surface area contributed by atoms with E-state index in [9.17, 15) is 0 Å². The molecular formula is C16H19ClN4. The average molecular weight is 303 g/mol. The number of rotatable bonds is 3. The molecule has 110 valence electrons. The van der Waals surface area contributed by atoms with Gasteiger partial charge in [-0.15, -0.1) is 0 Å². The Morgan fingerprint density at radius 1 is 1.10 bits per heavy atom. The van der Waals surface area contributed by atoms with Gasteiger partial charge in [-0.2, -0.15) is 0 Å². The molecule has 0 unspecified atom stereocenters. The number of halogens is 1. The fourth-order valence-corrected chi connectivity index (χ4v) is 2.84. The minimum atomic E-state index is 0.582. The molecule has 0 saturated carbocycles. The molecular weight excluding hydrogens is 284 g/mol. The molecule has 2 aromatic rings. The Morgan fingerprint density at radius 2 is 1.81 bits per heavy atom. The molecule has 5 heteroatoms. The number of anilines is 2. The predicted octanol–water partition coefficient (Wildman–Crippen LogP) is 2.64. The van der Waals surface area contributed by atoms with Crippen LogP contribution in [0.1, 0.15) is 5.56 Å². The molecule has 2 heterocycles. The summed E-state index contributed by atoms with van der Waals surface area (Å²) in [6.45, 7) is 4.90. The van der Waals surface area contributed by atoms with Crippen LogP contribution in [-0.2, 0) is 6.54 Å². The molecule has 2 N–H and O–H groups in total. The predicted molar refractivity (Wildman–Crippen MR) is 87.6 cm³/mol. The van der Waals surface area contributed by atoms with Crippen molar-refractivity contribution in [3.05, 3.63) is 53.2 Å². The second-order valence-electron chi connectivity index (χ2n) is 5.32. The zero-order valence-corrected chi connectivity index (χ0v) is 12.6. The van der Waals surface area contributed by atoms with E-state index in [0.29, 0.717) is 10.7 Å². The zero-order valence-electron chi connectivity index (χ0n) is 11.9. The van der Waals surface area contributed by atoms with Gasteiger partial charge in [-0.3, -0.25) is 4.90 Å². The fourth-order valence-electron chi connectivity index (χ4n) is 2.67. The molecule has 0 radical (unpaired) electrons. The Balaban J connectivity index is 1.60. The molecule has 0 atom stereocenters. The van der Waals surface area contributed by atoms with Gasteiger partial charge in [-0.05, 0) is 11.6 Å². The van der Waals surface area contributed by atoms with Crippen LogP contribution in [0.5, 0.6) is 0 Å². The lowest BCUT2D eigenvalue weighted by Crippen LogP contribution is -2.46. The molecule has 3 rings (SSSR count). The van der Waals surface area contributed by atoms with Crippen molar-refractivity contribution in [3.63, 3.8) is 0 Å². The minimum absolute atomic E-state index is 0.582. The molecule has 0 aliphatic carbocycles. The molecule has 1 aromatic heterocycles. The van der Waals surface area contributed by atoms with Crippen LogP contribution < -0.4 is 10.6 Å². The van der Waals surface area contributed by atoms with E-state index < -0.39 is 0 Å². The van der Waals surface area contributed by atoms with Gasteiger partial charge in [0, 0.05) is 38.9 Å². The van der Waals surface area contributed by atoms with Gasteiger partial charge in [0.25, 0.3) is 0 Å². The van der Waals surface area contributed by atoms with Crippen LogP contribution in [0, 0.1) is 0 Å². The third-order valence-electron chi connectivity index (χ3n) is 3.78. The Bertz CT molecular complexity index is 594. The van der Waals surface area contributed by atoms with E-state index >= 15 is 0 Å². The van der Waals surface area contributed by atoms with Gasteiger partial charge in [0.1, 0.15) is 0 Å². The summed E-state index contributed by atoms with van der Waals surface area (Å²) in [5.74, 6) is 0.846. The summed E-state index contributed by atoms with van der Waals surface area (Å²) < 4.78 is 0. The van der Waals surface area contributed by atoms with E-state index in [1.165, 1.54) is 5.56 Å². The van der Waals surface area contributed by atoms with Gasteiger partial charge in [0.05, 0.1) is 10.7 Å². The topological polar surface area (TPSA) is 45.4 Å². The molecule has 4 nitrogen and oxygen atoms in total. The highest BCUT2D eigenvalue weighted by Gasteiger charge is 2.19. The van der Waals surface area contributed by atoms with Crippen LogP contribution in [0.3, 0.4) is 0 Å². The lowest BCUT2D eigenvalue weighted by Gasteiger charge is -2.35. The molecule has 1 aliphatic heterocycles. The van der Waals surface area contributed by atoms with Gasteiger partial charge in [-0.25, -0.2) is 4.98 Å². The highest BCUT2D eigenvalue weighted by Crippen LogP contribution is 2.24. The zero-order chi connectivity index (χ0) is 14.7. The average Bonchev–Trinajstić information content (AvgIpc) is 2.49. The van der Waals surface area contributed by atoms with Crippen LogP contribution in [-0.4, -0.2) is 36.1 Å². The van der Waals surface area contributed by atoms with Crippen LogP contribution in [0.25, 0.3) is 0 Å². The van der Waals surface area contributed by atoms with Crippen LogP contribution in [0.15, 0.2) is 42.6 Å². The second kappa shape index (κ2) is 6.33. The number of hydrogen-bond donors (Lipinski definition) is 1. The molecule has 1 fully saturated rings. The number of hydrogen-bond acceptors (Lipinski definition) is 4. The highest BCUT2D eigenvalue weighted by atomic mass is 35.5. The third kappa shape index (κ3) is 3.46. The van der Waals surface area contributed by atoms with E-state index in [0.717, 1.165) is 38.5 Å². The molecule has 1 aliphatic rings. The summed E-state index contributed by atoms with van der Waals surface area (Å²) >= 11 is 5.90. The first-order valence-corrected chi connectivity index (χ1v) is 7.52. The Hall–Kier alpha value is -1.78. The monoisotopic (exact) mass is 302 g/mol. The Kier molecular flexibility index (Phi) is 4.27. The fraction of sp³-hybridized carbons (Fsp3) is 0.312. The van der Waals surface area contributed by atoms with Crippen molar-refractivity contribution in [2.24, 2.45) is 0 Å².